The van der Waals surface area contributed by atoms with Gasteiger partial charge in [0.2, 0.25) is 0 Å². The quantitative estimate of drug-likeness (QED) is 0.496. The van der Waals surface area contributed by atoms with Crippen molar-refractivity contribution in [3.8, 4) is 0 Å². The molecule has 0 aromatic heterocycles. The first kappa shape index (κ1) is 5.34. The molecule has 0 aliphatic heterocycles. The van der Waals surface area contributed by atoms with Gasteiger partial charge in [-0.25, -0.2) is 5.53 Å². The molecule has 0 aliphatic carbocycles. The molecule has 0 bridgehead atoms. The van der Waals surface area contributed by atoms with Crippen LogP contribution in [0, 0.1) is 5.53 Å². The Morgan fingerprint density at radius 3 is 2.67 bits per heavy atom. The normalized spacial score (nSPS) is 9.50. The molecule has 0 saturated carbocycles. The molecular formula is C4H8N2. The molecule has 0 atom stereocenters. The summed E-state index contributed by atoms with van der Waals surface area (Å²) >= 11 is 0. The third kappa shape index (κ3) is 3.34. The van der Waals surface area contributed by atoms with Gasteiger partial charge in [-0.1, -0.05) is 13.0 Å². The van der Waals surface area contributed by atoms with Crippen LogP contribution in [0.1, 0.15) is 13.3 Å². The molecule has 0 spiro atoms. The van der Waals surface area contributed by atoms with Crippen LogP contribution in [-0.2, 0) is 0 Å². The fourth-order valence-corrected chi connectivity index (χ4v) is 0.158. The monoisotopic (exact) mass is 84.1 g/mol. The summed E-state index contributed by atoms with van der Waals surface area (Å²) in [5.41, 5.74) is 6.24. The van der Waals surface area contributed by atoms with Crippen LogP contribution in [0.2, 0.25) is 0 Å². The molecule has 34 valence electrons. The van der Waals surface area contributed by atoms with Gasteiger partial charge in [0.15, 0.2) is 0 Å². The van der Waals surface area contributed by atoms with Gasteiger partial charge in [-0.05, 0) is 6.42 Å². The standard InChI is InChI=1S/C4H8N2/c1-2-3-4-6-5/h3-5H,2H2,1H3/b4-3-,6-5?. The molecule has 0 unspecified atom stereocenters. The van der Waals surface area contributed by atoms with E-state index in [2.05, 4.69) is 5.11 Å². The van der Waals surface area contributed by atoms with Crippen LogP contribution in [0.15, 0.2) is 17.4 Å². The third-order valence-electron chi connectivity index (χ3n) is 0.416. The van der Waals surface area contributed by atoms with Crippen LogP contribution in [0.5, 0.6) is 0 Å². The average Bonchev–Trinajstić information content (AvgIpc) is 1.61. The number of nitrogens with one attached hydrogen (secondary N) is 1. The molecular weight excluding hydrogens is 76.1 g/mol. The van der Waals surface area contributed by atoms with Crippen LogP contribution in [-0.4, -0.2) is 0 Å². The Kier molecular flexibility index (Phi) is 3.86. The lowest BCUT2D eigenvalue weighted by molar-refractivity contribution is 1.11. The lowest BCUT2D eigenvalue weighted by atomic mass is 10.5. The van der Waals surface area contributed by atoms with Crippen LogP contribution in [0.3, 0.4) is 0 Å². The van der Waals surface area contributed by atoms with E-state index in [0.29, 0.717) is 0 Å². The predicted octanol–water partition coefficient (Wildman–Crippen LogP) is 1.94. The van der Waals surface area contributed by atoms with Gasteiger partial charge in [0, 0.05) is 6.20 Å². The number of hydrogen-bond acceptors (Lipinski definition) is 2. The molecule has 1 N–H and O–H groups in total. The highest BCUT2D eigenvalue weighted by atomic mass is 14.9. The highest BCUT2D eigenvalue weighted by Gasteiger charge is 1.56. The van der Waals surface area contributed by atoms with Crippen molar-refractivity contribution in [3.05, 3.63) is 12.3 Å². The van der Waals surface area contributed by atoms with Gasteiger partial charge in [-0.15, -0.1) is 0 Å². The summed E-state index contributed by atoms with van der Waals surface area (Å²) < 4.78 is 0. The molecule has 0 radical (unpaired) electrons. The maximum Gasteiger partial charge on any atom is 0.0448 e. The van der Waals surface area contributed by atoms with E-state index in [-0.39, 0.29) is 0 Å². The Balaban J connectivity index is 2.94. The van der Waals surface area contributed by atoms with Gasteiger partial charge >= 0.3 is 0 Å². The number of hydrogen-bond donors (Lipinski definition) is 1. The van der Waals surface area contributed by atoms with Crippen molar-refractivity contribution in [2.24, 2.45) is 5.11 Å². The van der Waals surface area contributed by atoms with Crippen LogP contribution < -0.4 is 0 Å². The minimum Gasteiger partial charge on any atom is -0.205 e. The SMILES string of the molecule is CC/C=C\N=N. The van der Waals surface area contributed by atoms with Crippen molar-refractivity contribution in [1.82, 2.24) is 0 Å². The van der Waals surface area contributed by atoms with Crippen molar-refractivity contribution < 1.29 is 0 Å². The zero-order valence-corrected chi connectivity index (χ0v) is 3.81. The summed E-state index contributed by atoms with van der Waals surface area (Å²) in [6.45, 7) is 2.00. The summed E-state index contributed by atoms with van der Waals surface area (Å²) in [5, 5.41) is 2.99. The maximum absolute atomic E-state index is 6.24. The smallest absolute Gasteiger partial charge is 0.0448 e. The van der Waals surface area contributed by atoms with Gasteiger partial charge in [0.1, 0.15) is 0 Å². The second-order valence-corrected chi connectivity index (χ2v) is 0.922. The van der Waals surface area contributed by atoms with Gasteiger partial charge in [-0.2, -0.15) is 5.11 Å². The summed E-state index contributed by atoms with van der Waals surface area (Å²) in [6, 6.07) is 0. The molecule has 0 saturated heterocycles. The second-order valence-electron chi connectivity index (χ2n) is 0.922. The highest BCUT2D eigenvalue weighted by molar-refractivity contribution is 4.74. The van der Waals surface area contributed by atoms with E-state index in [4.69, 9.17) is 5.53 Å². The molecule has 2 heteroatoms. The van der Waals surface area contributed by atoms with E-state index < -0.39 is 0 Å². The van der Waals surface area contributed by atoms with Crippen molar-refractivity contribution in [1.29, 1.82) is 5.53 Å². The molecule has 0 fully saturated rings. The van der Waals surface area contributed by atoms with Crippen molar-refractivity contribution in [2.75, 3.05) is 0 Å². The summed E-state index contributed by atoms with van der Waals surface area (Å²) in [6.07, 6.45) is 4.26. The molecule has 0 aliphatic rings. The van der Waals surface area contributed by atoms with Gasteiger partial charge in [-0.3, -0.25) is 0 Å². The van der Waals surface area contributed by atoms with Gasteiger partial charge < -0.3 is 0 Å². The van der Waals surface area contributed by atoms with E-state index in [1.165, 1.54) is 6.20 Å². The molecule has 0 heterocycles. The predicted molar refractivity (Wildman–Crippen MR) is 24.6 cm³/mol. The molecule has 0 aromatic rings. The Hall–Kier alpha value is -0.660. The van der Waals surface area contributed by atoms with Gasteiger partial charge in [0.25, 0.3) is 0 Å². The fourth-order valence-electron chi connectivity index (χ4n) is 0.158. The molecule has 0 aromatic carbocycles. The average molecular weight is 84.1 g/mol. The van der Waals surface area contributed by atoms with Crippen LogP contribution >= 0.6 is 0 Å². The van der Waals surface area contributed by atoms with Crippen molar-refractivity contribution in [3.63, 3.8) is 0 Å². The van der Waals surface area contributed by atoms with Gasteiger partial charge in [0.05, 0.1) is 0 Å². The molecule has 2 nitrogen and oxygen atoms in total. The van der Waals surface area contributed by atoms with Crippen molar-refractivity contribution >= 4 is 0 Å². The lowest BCUT2D eigenvalue weighted by Gasteiger charge is -1.66. The minimum atomic E-state index is 0.961. The molecule has 0 amide bonds. The Bertz CT molecular complexity index is 56.6. The maximum atomic E-state index is 6.24. The largest absolute Gasteiger partial charge is 0.205 e. The zero-order chi connectivity index (χ0) is 4.83. The first-order valence-corrected chi connectivity index (χ1v) is 1.93. The van der Waals surface area contributed by atoms with Crippen LogP contribution in [0.4, 0.5) is 0 Å². The summed E-state index contributed by atoms with van der Waals surface area (Å²) in [5.74, 6) is 0. The summed E-state index contributed by atoms with van der Waals surface area (Å²) in [7, 11) is 0. The third-order valence-corrected chi connectivity index (χ3v) is 0.416. The first-order valence-electron chi connectivity index (χ1n) is 1.93. The fraction of sp³-hybridized carbons (Fsp3) is 0.500. The number of nitrogens with zero attached hydrogens (tertiary/aromatic N) is 1. The van der Waals surface area contributed by atoms with E-state index in [1.807, 2.05) is 13.0 Å². The Morgan fingerprint density at radius 2 is 2.50 bits per heavy atom. The minimum absolute atomic E-state index is 0.961. The summed E-state index contributed by atoms with van der Waals surface area (Å²) in [4.78, 5) is 0. The first-order chi connectivity index (χ1) is 2.91. The topological polar surface area (TPSA) is 36.2 Å². The van der Waals surface area contributed by atoms with Crippen LogP contribution in [0.25, 0.3) is 0 Å². The van der Waals surface area contributed by atoms with Crippen molar-refractivity contribution in [2.45, 2.75) is 13.3 Å². The van der Waals surface area contributed by atoms with E-state index in [9.17, 15) is 0 Å². The highest BCUT2D eigenvalue weighted by Crippen LogP contribution is 1.76. The second kappa shape index (κ2) is 4.34. The molecule has 0 rings (SSSR count). The molecule has 6 heavy (non-hydrogen) atoms. The van der Waals surface area contributed by atoms with E-state index in [0.717, 1.165) is 6.42 Å². The number of allylic oxidation sites excluding steroid dienone is 1. The zero-order valence-electron chi connectivity index (χ0n) is 3.81. The van der Waals surface area contributed by atoms with E-state index in [1.54, 1.807) is 0 Å². The number of rotatable bonds is 2. The Labute approximate surface area is 37.4 Å². The van der Waals surface area contributed by atoms with E-state index >= 15 is 0 Å². The lowest BCUT2D eigenvalue weighted by Crippen LogP contribution is -1.46. The Morgan fingerprint density at radius 1 is 1.83 bits per heavy atom.